The molecule has 0 saturated heterocycles. The first-order valence-electron chi connectivity index (χ1n) is 20.8. The minimum Gasteiger partial charge on any atom is -0.0616 e. The number of benzene rings is 12. The molecule has 0 radical (unpaired) electrons. The van der Waals surface area contributed by atoms with Crippen LogP contribution >= 0.6 is 0 Å². The van der Waals surface area contributed by atoms with Crippen molar-refractivity contribution >= 4 is 97.0 Å². The van der Waals surface area contributed by atoms with Crippen molar-refractivity contribution in [2.45, 2.75) is 52.4 Å². The van der Waals surface area contributed by atoms with Crippen molar-refractivity contribution in [3.8, 4) is 22.3 Å². The van der Waals surface area contributed by atoms with Crippen LogP contribution < -0.4 is 0 Å². The molecule has 0 heterocycles. The van der Waals surface area contributed by atoms with E-state index in [9.17, 15) is 0 Å². The van der Waals surface area contributed by atoms with Crippen molar-refractivity contribution in [3.05, 3.63) is 169 Å². The molecule has 0 amide bonds. The third-order valence-electron chi connectivity index (χ3n) is 13.4. The maximum Gasteiger partial charge on any atom is -0.00206 e. The lowest BCUT2D eigenvalue weighted by molar-refractivity contribution is 0.591. The molecule has 0 fully saturated rings. The Morgan fingerprint density at radius 2 is 0.586 bits per heavy atom. The number of hydrogen-bond acceptors (Lipinski definition) is 0. The lowest BCUT2D eigenvalue weighted by Gasteiger charge is -2.22. The zero-order chi connectivity index (χ0) is 39.2. The Balaban J connectivity index is 1.04. The van der Waals surface area contributed by atoms with Crippen molar-refractivity contribution in [2.24, 2.45) is 0 Å². The fourth-order valence-corrected chi connectivity index (χ4v) is 10.3. The molecule has 0 atom stereocenters. The van der Waals surface area contributed by atoms with Crippen molar-refractivity contribution in [2.75, 3.05) is 0 Å². The highest BCUT2D eigenvalue weighted by Gasteiger charge is 2.21. The lowest BCUT2D eigenvalue weighted by Crippen LogP contribution is -2.10. The zero-order valence-electron chi connectivity index (χ0n) is 34.0. The zero-order valence-corrected chi connectivity index (χ0v) is 34.0. The summed E-state index contributed by atoms with van der Waals surface area (Å²) >= 11 is 0. The maximum absolute atomic E-state index is 2.45. The normalized spacial score (nSPS) is 13.0. The van der Waals surface area contributed by atoms with E-state index in [0.717, 1.165) is 0 Å². The number of fused-ring (bicyclic) bond motifs is 6. The van der Waals surface area contributed by atoms with Crippen LogP contribution in [0.5, 0.6) is 0 Å². The minimum atomic E-state index is 0.0931. The van der Waals surface area contributed by atoms with E-state index in [0.29, 0.717) is 0 Å². The summed E-state index contributed by atoms with van der Waals surface area (Å²) in [5.41, 5.74) is 8.02. The van der Waals surface area contributed by atoms with Crippen molar-refractivity contribution in [1.29, 1.82) is 0 Å². The van der Waals surface area contributed by atoms with Gasteiger partial charge in [0, 0.05) is 0 Å². The molecule has 0 nitrogen and oxygen atoms in total. The van der Waals surface area contributed by atoms with Crippen LogP contribution in [0.2, 0.25) is 0 Å². The van der Waals surface area contributed by atoms with Gasteiger partial charge in [-0.05, 0) is 153 Å². The van der Waals surface area contributed by atoms with Gasteiger partial charge in [-0.3, -0.25) is 0 Å². The highest BCUT2D eigenvalue weighted by molar-refractivity contribution is 6.29. The summed E-state index contributed by atoms with van der Waals surface area (Å²) in [5.74, 6) is 0. The second-order valence-electron chi connectivity index (χ2n) is 18.9. The molecule has 0 saturated carbocycles. The summed E-state index contributed by atoms with van der Waals surface area (Å²) in [4.78, 5) is 0. The largest absolute Gasteiger partial charge is 0.0616 e. The summed E-state index contributed by atoms with van der Waals surface area (Å²) in [6.07, 6.45) is 0. The molecule has 0 aliphatic heterocycles. The molecule has 0 aromatic heterocycles. The van der Waals surface area contributed by atoms with Crippen molar-refractivity contribution in [3.63, 3.8) is 0 Å². The Hall–Kier alpha value is -6.50. The molecular formula is C58H44. The van der Waals surface area contributed by atoms with E-state index in [1.165, 1.54) is 130 Å². The second kappa shape index (κ2) is 11.6. The molecular weight excluding hydrogens is 697 g/mol. The quantitative estimate of drug-likeness (QED) is 0.155. The Bertz CT molecular complexity index is 3370. The highest BCUT2D eigenvalue weighted by Crippen LogP contribution is 2.45. The molecule has 0 heteroatoms. The maximum atomic E-state index is 2.45. The fourth-order valence-electron chi connectivity index (χ4n) is 10.3. The van der Waals surface area contributed by atoms with Gasteiger partial charge in [-0.2, -0.15) is 0 Å². The van der Waals surface area contributed by atoms with Crippen LogP contribution in [0, 0.1) is 0 Å². The highest BCUT2D eigenvalue weighted by atomic mass is 14.2. The topological polar surface area (TPSA) is 0 Å². The third kappa shape index (κ3) is 4.75. The molecule has 58 heavy (non-hydrogen) atoms. The van der Waals surface area contributed by atoms with E-state index >= 15 is 0 Å². The predicted molar refractivity (Wildman–Crippen MR) is 255 cm³/mol. The first-order chi connectivity index (χ1) is 28.0. The minimum absolute atomic E-state index is 0.0931. The van der Waals surface area contributed by atoms with Crippen molar-refractivity contribution in [1.82, 2.24) is 0 Å². The van der Waals surface area contributed by atoms with Gasteiger partial charge in [0.05, 0.1) is 0 Å². The molecule has 12 aromatic rings. The predicted octanol–water partition coefficient (Wildman–Crippen LogP) is 16.9. The Morgan fingerprint density at radius 3 is 0.983 bits per heavy atom. The van der Waals surface area contributed by atoms with E-state index < -0.39 is 0 Å². The summed E-state index contributed by atoms with van der Waals surface area (Å²) in [6, 6.07) is 60.9. The van der Waals surface area contributed by atoms with Crippen LogP contribution in [-0.2, 0) is 10.8 Å². The van der Waals surface area contributed by atoms with E-state index in [-0.39, 0.29) is 10.8 Å². The summed E-state index contributed by atoms with van der Waals surface area (Å²) in [6.45, 7) is 13.8. The van der Waals surface area contributed by atoms with Gasteiger partial charge in [0.1, 0.15) is 0 Å². The van der Waals surface area contributed by atoms with Crippen LogP contribution in [0.4, 0.5) is 0 Å². The molecule has 0 aliphatic rings. The standard InChI is InChI=1S/C58H44/c1-57(2,3)41-27-37-13-11-33-15-21-43(49-25-19-39(29-41)53(37)55(33)49)35-17-23-47-48-24-18-36(32-52(48)46-10-8-7-9-45(46)51(47)31-35)44-22-16-34-12-14-38-28-42(58(4,5)6)30-40-20-26-50(44)56(34)54(38)40/h7-32H,1-6H3. The van der Waals surface area contributed by atoms with E-state index in [1.807, 2.05) is 0 Å². The molecule has 0 N–H and O–H groups in total. The third-order valence-corrected chi connectivity index (χ3v) is 13.4. The first-order valence-corrected chi connectivity index (χ1v) is 20.8. The van der Waals surface area contributed by atoms with E-state index in [4.69, 9.17) is 0 Å². The summed E-state index contributed by atoms with van der Waals surface area (Å²) < 4.78 is 0. The molecule has 0 bridgehead atoms. The van der Waals surface area contributed by atoms with Gasteiger partial charge >= 0.3 is 0 Å². The van der Waals surface area contributed by atoms with Crippen LogP contribution in [0.3, 0.4) is 0 Å². The molecule has 12 aromatic carbocycles. The summed E-state index contributed by atoms with van der Waals surface area (Å²) in [7, 11) is 0. The Labute approximate surface area is 339 Å². The monoisotopic (exact) mass is 740 g/mol. The smallest absolute Gasteiger partial charge is 0.00206 e. The van der Waals surface area contributed by atoms with Gasteiger partial charge in [0.25, 0.3) is 0 Å². The first kappa shape index (κ1) is 33.6. The van der Waals surface area contributed by atoms with Gasteiger partial charge in [0.15, 0.2) is 0 Å². The second-order valence-corrected chi connectivity index (χ2v) is 18.9. The van der Waals surface area contributed by atoms with Crippen molar-refractivity contribution < 1.29 is 0 Å². The average Bonchev–Trinajstić information content (AvgIpc) is 3.23. The van der Waals surface area contributed by atoms with Crippen LogP contribution in [0.25, 0.3) is 119 Å². The van der Waals surface area contributed by atoms with E-state index in [1.54, 1.807) is 0 Å². The molecule has 0 aliphatic carbocycles. The molecule has 276 valence electrons. The van der Waals surface area contributed by atoms with Crippen LogP contribution in [0.1, 0.15) is 52.7 Å². The van der Waals surface area contributed by atoms with Gasteiger partial charge in [0.2, 0.25) is 0 Å². The van der Waals surface area contributed by atoms with Gasteiger partial charge in [-0.1, -0.05) is 187 Å². The van der Waals surface area contributed by atoms with Crippen LogP contribution in [0.15, 0.2) is 158 Å². The Morgan fingerprint density at radius 1 is 0.259 bits per heavy atom. The number of rotatable bonds is 2. The van der Waals surface area contributed by atoms with Gasteiger partial charge < -0.3 is 0 Å². The fraction of sp³-hybridized carbons (Fsp3) is 0.138. The van der Waals surface area contributed by atoms with Crippen LogP contribution in [-0.4, -0.2) is 0 Å². The average molecular weight is 741 g/mol. The summed E-state index contributed by atoms with van der Waals surface area (Å²) in [5, 5.41) is 23.8. The molecule has 0 unspecified atom stereocenters. The lowest BCUT2D eigenvalue weighted by atomic mass is 9.82. The van der Waals surface area contributed by atoms with Gasteiger partial charge in [-0.25, -0.2) is 0 Å². The van der Waals surface area contributed by atoms with Gasteiger partial charge in [-0.15, -0.1) is 0 Å². The van der Waals surface area contributed by atoms with E-state index in [2.05, 4.69) is 199 Å². The SMILES string of the molecule is CC(C)(C)c1cc2ccc3ccc(-c4ccc5c6ccc(-c7ccc8ccc9cc(C(C)(C)C)cc%10ccc7c8c9%10)cc6c6ccccc6c5c4)c4ccc(c1)c2c34. The molecule has 0 spiro atoms. The number of hydrogen-bond donors (Lipinski definition) is 0. The Kier molecular flexibility index (Phi) is 6.70. The molecule has 12 rings (SSSR count).